The zero-order chi connectivity index (χ0) is 13.8. The van der Waals surface area contributed by atoms with E-state index in [0.29, 0.717) is 11.2 Å². The molecule has 2 atom stereocenters. The Hall–Kier alpha value is -0.830. The molecule has 2 bridgehead atoms. The van der Waals surface area contributed by atoms with Crippen LogP contribution < -0.4 is 4.90 Å². The number of aromatic nitrogens is 2. The Morgan fingerprint density at radius 3 is 2.47 bits per heavy atom. The van der Waals surface area contributed by atoms with Crippen molar-refractivity contribution >= 4 is 17.4 Å². The molecule has 3 rings (SSSR count). The number of anilines is 1. The number of hydrogen-bond acceptors (Lipinski definition) is 3. The summed E-state index contributed by atoms with van der Waals surface area (Å²) < 4.78 is 0. The van der Waals surface area contributed by atoms with Gasteiger partial charge in [0.05, 0.1) is 0 Å². The molecule has 2 aliphatic rings. The first-order chi connectivity index (χ1) is 8.86. The Morgan fingerprint density at radius 1 is 1.21 bits per heavy atom. The third-order valence-electron chi connectivity index (χ3n) is 4.41. The molecule has 2 fully saturated rings. The molecule has 0 aromatic carbocycles. The fraction of sp³-hybridized carbons (Fsp3) is 0.733. The van der Waals surface area contributed by atoms with E-state index in [2.05, 4.69) is 30.7 Å². The zero-order valence-corrected chi connectivity index (χ0v) is 13.0. The number of fused-ring (bicyclic) bond motifs is 2. The van der Waals surface area contributed by atoms with Crippen LogP contribution in [0, 0.1) is 12.8 Å². The molecule has 3 nitrogen and oxygen atoms in total. The van der Waals surface area contributed by atoms with Crippen molar-refractivity contribution in [3.05, 3.63) is 16.5 Å². The van der Waals surface area contributed by atoms with Crippen molar-refractivity contribution < 1.29 is 0 Å². The van der Waals surface area contributed by atoms with Gasteiger partial charge in [-0.1, -0.05) is 32.4 Å². The quantitative estimate of drug-likeness (QED) is 0.734. The van der Waals surface area contributed by atoms with Gasteiger partial charge in [0.2, 0.25) is 0 Å². The van der Waals surface area contributed by atoms with Crippen LogP contribution in [0.15, 0.2) is 0 Å². The molecule has 1 aromatic heterocycles. The summed E-state index contributed by atoms with van der Waals surface area (Å²) in [5.74, 6) is 2.77. The molecule has 0 radical (unpaired) electrons. The third-order valence-corrected chi connectivity index (χ3v) is 4.78. The van der Waals surface area contributed by atoms with Crippen LogP contribution in [-0.4, -0.2) is 22.6 Å². The first-order valence-electron chi connectivity index (χ1n) is 7.17. The van der Waals surface area contributed by atoms with Crippen LogP contribution in [0.4, 0.5) is 5.82 Å². The van der Waals surface area contributed by atoms with Gasteiger partial charge in [-0.3, -0.25) is 0 Å². The van der Waals surface area contributed by atoms with Crippen molar-refractivity contribution in [1.29, 1.82) is 0 Å². The lowest BCUT2D eigenvalue weighted by molar-refractivity contribution is 0.529. The summed E-state index contributed by atoms with van der Waals surface area (Å²) >= 11 is 6.33. The van der Waals surface area contributed by atoms with E-state index in [0.717, 1.165) is 29.7 Å². The van der Waals surface area contributed by atoms with Crippen LogP contribution in [-0.2, 0) is 5.41 Å². The van der Waals surface area contributed by atoms with Crippen LogP contribution in [0.1, 0.15) is 51.4 Å². The molecule has 2 unspecified atom stereocenters. The van der Waals surface area contributed by atoms with E-state index in [1.165, 1.54) is 19.3 Å². The lowest BCUT2D eigenvalue weighted by Gasteiger charge is -2.30. The molecule has 1 aromatic rings. The average molecular weight is 280 g/mol. The van der Waals surface area contributed by atoms with E-state index in [1.54, 1.807) is 0 Å². The maximum Gasteiger partial charge on any atom is 0.137 e. The predicted molar refractivity (Wildman–Crippen MR) is 79.0 cm³/mol. The molecular formula is C15H22ClN3. The van der Waals surface area contributed by atoms with Crippen molar-refractivity contribution in [2.45, 2.75) is 58.4 Å². The summed E-state index contributed by atoms with van der Waals surface area (Å²) in [4.78, 5) is 11.8. The summed E-state index contributed by atoms with van der Waals surface area (Å²) in [7, 11) is 0. The molecule has 0 N–H and O–H groups in total. The van der Waals surface area contributed by atoms with E-state index >= 15 is 0 Å². The smallest absolute Gasteiger partial charge is 0.137 e. The number of nitrogens with zero attached hydrogens (tertiary/aromatic N) is 3. The molecule has 19 heavy (non-hydrogen) atoms. The van der Waals surface area contributed by atoms with Gasteiger partial charge in [-0.15, -0.1) is 0 Å². The van der Waals surface area contributed by atoms with E-state index < -0.39 is 0 Å². The molecule has 0 amide bonds. The van der Waals surface area contributed by atoms with Crippen LogP contribution in [0.2, 0.25) is 5.15 Å². The fourth-order valence-corrected chi connectivity index (χ4v) is 3.44. The highest BCUT2D eigenvalue weighted by Crippen LogP contribution is 2.41. The molecule has 1 saturated carbocycles. The summed E-state index contributed by atoms with van der Waals surface area (Å²) in [6, 6.07) is 0.669. The summed E-state index contributed by atoms with van der Waals surface area (Å²) in [5, 5.41) is 0.609. The topological polar surface area (TPSA) is 29.0 Å². The Labute approximate surface area is 120 Å². The van der Waals surface area contributed by atoms with E-state index in [1.807, 2.05) is 6.92 Å². The van der Waals surface area contributed by atoms with E-state index in [-0.39, 0.29) is 5.41 Å². The SMILES string of the molecule is Cc1c(Cl)nc(C(C)(C)C)nc1N1CC2CCC1C2. The first-order valence-corrected chi connectivity index (χ1v) is 7.55. The highest BCUT2D eigenvalue weighted by Gasteiger charge is 2.39. The van der Waals surface area contributed by atoms with Gasteiger partial charge in [0.15, 0.2) is 0 Å². The minimum Gasteiger partial charge on any atom is -0.353 e. The van der Waals surface area contributed by atoms with E-state index in [4.69, 9.17) is 16.6 Å². The van der Waals surface area contributed by atoms with Crippen molar-refractivity contribution in [2.75, 3.05) is 11.4 Å². The fourth-order valence-electron chi connectivity index (χ4n) is 3.28. The molecular weight excluding hydrogens is 258 g/mol. The normalized spacial score (nSPS) is 26.3. The van der Waals surface area contributed by atoms with Crippen molar-refractivity contribution in [2.24, 2.45) is 5.92 Å². The number of hydrogen-bond donors (Lipinski definition) is 0. The Morgan fingerprint density at radius 2 is 1.95 bits per heavy atom. The monoisotopic (exact) mass is 279 g/mol. The van der Waals surface area contributed by atoms with Gasteiger partial charge in [0, 0.05) is 23.6 Å². The molecule has 1 aliphatic carbocycles. The Kier molecular flexibility index (Phi) is 3.01. The molecule has 4 heteroatoms. The second kappa shape index (κ2) is 4.34. The minimum absolute atomic E-state index is 0.0647. The standard InChI is InChI=1S/C15H22ClN3/c1-9-12(16)17-14(15(2,3)4)18-13(9)19-8-10-5-6-11(19)7-10/h10-11H,5-8H2,1-4H3. The predicted octanol–water partition coefficient (Wildman–Crippen LogP) is 3.72. The maximum absolute atomic E-state index is 6.33. The molecule has 1 aliphatic heterocycles. The van der Waals surface area contributed by atoms with E-state index in [9.17, 15) is 0 Å². The van der Waals surface area contributed by atoms with Gasteiger partial charge in [-0.2, -0.15) is 0 Å². The van der Waals surface area contributed by atoms with Crippen LogP contribution in [0.25, 0.3) is 0 Å². The van der Waals surface area contributed by atoms with Crippen LogP contribution in [0.5, 0.6) is 0 Å². The van der Waals surface area contributed by atoms with Crippen molar-refractivity contribution in [1.82, 2.24) is 9.97 Å². The van der Waals surface area contributed by atoms with Crippen molar-refractivity contribution in [3.8, 4) is 0 Å². The molecule has 2 heterocycles. The Balaban J connectivity index is 2.03. The second-order valence-electron chi connectivity index (χ2n) is 7.02. The summed E-state index contributed by atoms with van der Waals surface area (Å²) in [6.45, 7) is 9.58. The average Bonchev–Trinajstić information content (AvgIpc) is 2.93. The highest BCUT2D eigenvalue weighted by molar-refractivity contribution is 6.30. The third kappa shape index (κ3) is 2.22. The Bertz CT molecular complexity index is 507. The van der Waals surface area contributed by atoms with Gasteiger partial charge in [0.1, 0.15) is 16.8 Å². The molecule has 0 spiro atoms. The van der Waals surface area contributed by atoms with Gasteiger partial charge in [0.25, 0.3) is 0 Å². The lowest BCUT2D eigenvalue weighted by Crippen LogP contribution is -2.34. The van der Waals surface area contributed by atoms with Gasteiger partial charge < -0.3 is 4.90 Å². The highest BCUT2D eigenvalue weighted by atomic mass is 35.5. The zero-order valence-electron chi connectivity index (χ0n) is 12.2. The lowest BCUT2D eigenvalue weighted by atomic mass is 9.95. The second-order valence-corrected chi connectivity index (χ2v) is 7.38. The van der Waals surface area contributed by atoms with Crippen LogP contribution in [0.3, 0.4) is 0 Å². The number of rotatable bonds is 1. The number of halogens is 1. The van der Waals surface area contributed by atoms with Crippen molar-refractivity contribution in [3.63, 3.8) is 0 Å². The molecule has 1 saturated heterocycles. The van der Waals surface area contributed by atoms with Gasteiger partial charge in [-0.25, -0.2) is 9.97 Å². The number of piperidine rings is 1. The summed E-state index contributed by atoms with van der Waals surface area (Å²) in [6.07, 6.45) is 4.01. The minimum atomic E-state index is -0.0647. The first kappa shape index (κ1) is 13.2. The van der Waals surface area contributed by atoms with Crippen LogP contribution >= 0.6 is 11.6 Å². The maximum atomic E-state index is 6.33. The summed E-state index contributed by atoms with van der Waals surface area (Å²) in [5.41, 5.74) is 0.965. The molecule has 104 valence electrons. The van der Waals surface area contributed by atoms with Gasteiger partial charge >= 0.3 is 0 Å². The largest absolute Gasteiger partial charge is 0.353 e. The van der Waals surface area contributed by atoms with Gasteiger partial charge in [-0.05, 0) is 32.1 Å².